The fourth-order valence-electron chi connectivity index (χ4n) is 8.70. The summed E-state index contributed by atoms with van der Waals surface area (Å²) in [5.74, 6) is 1.72. The molecule has 0 amide bonds. The average Bonchev–Trinajstić information content (AvgIpc) is 3.90. The number of hydrogen-bond acceptors (Lipinski definition) is 3. The third kappa shape index (κ3) is 9.07. The summed E-state index contributed by atoms with van der Waals surface area (Å²) in [7, 11) is 0. The van der Waals surface area contributed by atoms with Gasteiger partial charge in [0.15, 0.2) is 0 Å². The first-order valence-corrected chi connectivity index (χ1v) is 22.7. The van der Waals surface area contributed by atoms with Crippen LogP contribution in [-0.4, -0.2) is 19.1 Å². The Morgan fingerprint density at radius 3 is 2.06 bits per heavy atom. The maximum atomic E-state index is 9.21. The molecule has 6 aromatic carbocycles. The summed E-state index contributed by atoms with van der Waals surface area (Å²) >= 11 is 0. The number of ether oxygens (including phenoxy) is 1. The van der Waals surface area contributed by atoms with E-state index in [1.165, 1.54) is 0 Å². The van der Waals surface area contributed by atoms with Gasteiger partial charge in [0.05, 0.1) is 29.4 Å². The fourth-order valence-corrected chi connectivity index (χ4v) is 8.70. The summed E-state index contributed by atoms with van der Waals surface area (Å²) in [6, 6.07) is 42.4. The van der Waals surface area contributed by atoms with Gasteiger partial charge in [-0.3, -0.25) is 14.1 Å². The van der Waals surface area contributed by atoms with Crippen LogP contribution in [0.5, 0.6) is 11.5 Å². The Morgan fingerprint density at radius 2 is 1.35 bits per heavy atom. The number of benzene rings is 6. The Kier molecular flexibility index (Phi) is 10.0. The SMILES string of the molecule is [2H]c1c([2H])c([2H])c(-c2cccc(-c3cc(C(C)(C)C)cc(C(C)(C)C)c3)c2-[n+]2[c-]n(-c3[c-]c(Oc4[c-]c5c(cc4)c4ccccc4n5-c4cc(C([2H])([2H])C(C)(C)C)ccn4)cc(C)n3)c3ccccc32)c([2H])c1[2H].[Pt]. The standard InChI is InChI=1S/C61H57N5O.Pt/c1-40-31-47(67-46-27-28-51-50-21-14-15-24-52(50)66(55(51)36-46)56-32-41(29-30-62-56)38-59(2,3)4)37-57(63-40)64-39-65(54-26-17-16-25-53(54)64)58-48(42-19-12-11-13-20-42)22-18-23-49(58)43-33-44(60(5,6)7)35-45(34-43)61(8,9)10;/h11-35H,38H2,1-10H3;/q-2;/i11D,12D,13D,19D,20D,38D2;. The third-order valence-corrected chi connectivity index (χ3v) is 11.9. The molecule has 0 spiro atoms. The molecule has 0 N–H and O–H groups in total. The zero-order valence-electron chi connectivity index (χ0n) is 47.0. The van der Waals surface area contributed by atoms with Crippen molar-refractivity contribution in [1.29, 1.82) is 0 Å². The molecule has 0 radical (unpaired) electrons. The van der Waals surface area contributed by atoms with Crippen molar-refractivity contribution in [1.82, 2.24) is 19.1 Å². The molecule has 0 saturated carbocycles. The van der Waals surface area contributed by atoms with Gasteiger partial charge in [0.2, 0.25) is 0 Å². The molecule has 0 aliphatic rings. The Hall–Kier alpha value is -6.62. The maximum absolute atomic E-state index is 9.21. The van der Waals surface area contributed by atoms with Gasteiger partial charge >= 0.3 is 0 Å². The van der Waals surface area contributed by atoms with Crippen molar-refractivity contribution in [2.75, 3.05) is 0 Å². The van der Waals surface area contributed by atoms with Gasteiger partial charge in [-0.15, -0.1) is 23.6 Å². The topological polar surface area (TPSA) is 48.8 Å². The van der Waals surface area contributed by atoms with Crippen LogP contribution >= 0.6 is 0 Å². The Morgan fingerprint density at radius 1 is 0.676 bits per heavy atom. The van der Waals surface area contributed by atoms with E-state index < -0.39 is 29.9 Å². The molecule has 68 heavy (non-hydrogen) atoms. The van der Waals surface area contributed by atoms with Crippen molar-refractivity contribution < 1.29 is 40.0 Å². The number of nitrogens with zero attached hydrogens (tertiary/aromatic N) is 5. The summed E-state index contributed by atoms with van der Waals surface area (Å²) in [5.41, 5.74) is 8.14. The predicted molar refractivity (Wildman–Crippen MR) is 274 cm³/mol. The summed E-state index contributed by atoms with van der Waals surface area (Å²) in [6.07, 6.45) is 3.62. The summed E-state index contributed by atoms with van der Waals surface area (Å²) in [6.45, 7) is 20.7. The molecular weight excluding hydrogens is 1010 g/mol. The minimum Gasteiger partial charge on any atom is -0.522 e. The molecular formula is C61H57N5OPt-2. The van der Waals surface area contributed by atoms with Crippen LogP contribution in [-0.2, 0) is 38.3 Å². The monoisotopic (exact) mass is 1080 g/mol. The second-order valence-electron chi connectivity index (χ2n) is 20.3. The van der Waals surface area contributed by atoms with Crippen LogP contribution < -0.4 is 9.30 Å². The summed E-state index contributed by atoms with van der Waals surface area (Å²) < 4.78 is 74.8. The zero-order valence-corrected chi connectivity index (χ0v) is 42.3. The number of pyridine rings is 2. The van der Waals surface area contributed by atoms with E-state index >= 15 is 0 Å². The smallest absolute Gasteiger partial charge is 0.269 e. The molecule has 0 bridgehead atoms. The van der Waals surface area contributed by atoms with Crippen molar-refractivity contribution in [2.24, 2.45) is 5.41 Å². The molecule has 4 heterocycles. The van der Waals surface area contributed by atoms with Crippen molar-refractivity contribution in [3.8, 4) is 51.1 Å². The van der Waals surface area contributed by atoms with Gasteiger partial charge in [-0.25, -0.2) is 4.98 Å². The largest absolute Gasteiger partial charge is 0.522 e. The third-order valence-electron chi connectivity index (χ3n) is 11.9. The van der Waals surface area contributed by atoms with E-state index in [2.05, 4.69) is 84.3 Å². The predicted octanol–water partition coefficient (Wildman–Crippen LogP) is 14.8. The van der Waals surface area contributed by atoms with Crippen molar-refractivity contribution in [3.63, 3.8) is 0 Å². The van der Waals surface area contributed by atoms with E-state index in [1.54, 1.807) is 18.3 Å². The Bertz CT molecular complexity index is 3840. The van der Waals surface area contributed by atoms with Gasteiger partial charge in [0, 0.05) is 41.3 Å². The molecule has 344 valence electrons. The zero-order chi connectivity index (χ0) is 53.0. The first-order chi connectivity index (χ1) is 34.8. The van der Waals surface area contributed by atoms with Gasteiger partial charge in [0.1, 0.15) is 5.82 Å². The first-order valence-electron chi connectivity index (χ1n) is 26.2. The second-order valence-corrected chi connectivity index (χ2v) is 20.3. The molecule has 0 unspecified atom stereocenters. The van der Waals surface area contributed by atoms with Gasteiger partial charge in [-0.1, -0.05) is 177 Å². The molecule has 4 aromatic heterocycles. The summed E-state index contributed by atoms with van der Waals surface area (Å²) in [5, 5.41) is 1.91. The molecule has 6 nitrogen and oxygen atoms in total. The number of hydrogen-bond donors (Lipinski definition) is 0. The van der Waals surface area contributed by atoms with Gasteiger partial charge in [-0.05, 0) is 104 Å². The van der Waals surface area contributed by atoms with Gasteiger partial charge < -0.3 is 9.30 Å². The number of rotatable bonds is 8. The van der Waals surface area contributed by atoms with Crippen LogP contribution in [0.2, 0.25) is 0 Å². The van der Waals surface area contributed by atoms with Crippen molar-refractivity contribution >= 4 is 32.8 Å². The van der Waals surface area contributed by atoms with Crippen LogP contribution in [0.25, 0.3) is 72.4 Å². The van der Waals surface area contributed by atoms with E-state index in [0.717, 1.165) is 49.6 Å². The number of aromatic nitrogens is 5. The number of imidazole rings is 1. The van der Waals surface area contributed by atoms with Crippen molar-refractivity contribution in [3.05, 3.63) is 193 Å². The number of aryl methyl sites for hydroxylation is 1. The van der Waals surface area contributed by atoms with Gasteiger partial charge in [0.25, 0.3) is 6.33 Å². The minimum absolute atomic E-state index is 0. The van der Waals surface area contributed by atoms with E-state index in [4.69, 9.17) is 21.6 Å². The van der Waals surface area contributed by atoms with Crippen LogP contribution in [0, 0.1) is 30.8 Å². The maximum Gasteiger partial charge on any atom is 0.269 e. The number of para-hydroxylation sites is 4. The molecule has 0 fully saturated rings. The molecule has 0 saturated heterocycles. The molecule has 0 atom stereocenters. The van der Waals surface area contributed by atoms with Crippen LogP contribution in [0.3, 0.4) is 0 Å². The Labute approximate surface area is 425 Å². The van der Waals surface area contributed by atoms with E-state index in [0.29, 0.717) is 51.2 Å². The molecule has 10 rings (SSSR count). The molecule has 10 aromatic rings. The normalized spacial score (nSPS) is 13.9. The van der Waals surface area contributed by atoms with Crippen LogP contribution in [0.4, 0.5) is 0 Å². The fraction of sp³-hybridized carbons (Fsp3) is 0.230. The van der Waals surface area contributed by atoms with Crippen molar-refractivity contribution in [2.45, 2.75) is 86.4 Å². The molecule has 7 heteroatoms. The first kappa shape index (κ1) is 38.4. The number of fused-ring (bicyclic) bond motifs is 4. The van der Waals surface area contributed by atoms with E-state index in [1.807, 2.05) is 120 Å². The van der Waals surface area contributed by atoms with E-state index in [-0.39, 0.29) is 49.5 Å². The molecule has 0 aliphatic carbocycles. The van der Waals surface area contributed by atoms with Crippen LogP contribution in [0.1, 0.15) is 94.3 Å². The summed E-state index contributed by atoms with van der Waals surface area (Å²) in [4.78, 5) is 9.74. The minimum atomic E-state index is -1.64. The average molecular weight is 1080 g/mol. The van der Waals surface area contributed by atoms with Gasteiger partial charge in [-0.2, -0.15) is 12.1 Å². The van der Waals surface area contributed by atoms with E-state index in [9.17, 15) is 2.74 Å². The Balaban J connectivity index is 0.00000689. The van der Waals surface area contributed by atoms with Crippen LogP contribution in [0.15, 0.2) is 152 Å². The second kappa shape index (κ2) is 17.8. The quantitative estimate of drug-likeness (QED) is 0.113. The molecule has 0 aliphatic heterocycles.